The van der Waals surface area contributed by atoms with Crippen LogP contribution in [0.25, 0.3) is 0 Å². The third-order valence-corrected chi connectivity index (χ3v) is 3.91. The molecular formula is C15H22BrFO. The van der Waals surface area contributed by atoms with E-state index in [1.165, 1.54) is 31.4 Å². The number of benzene rings is 1. The molecule has 0 bridgehead atoms. The highest BCUT2D eigenvalue weighted by Gasteiger charge is 2.07. The zero-order chi connectivity index (χ0) is 13.4. The second-order valence-electron chi connectivity index (χ2n) is 4.67. The lowest BCUT2D eigenvalue weighted by Crippen LogP contribution is -2.09. The molecule has 18 heavy (non-hydrogen) atoms. The van der Waals surface area contributed by atoms with Crippen molar-refractivity contribution in [3.63, 3.8) is 0 Å². The van der Waals surface area contributed by atoms with Crippen LogP contribution >= 0.6 is 15.9 Å². The summed E-state index contributed by atoms with van der Waals surface area (Å²) in [4.78, 5) is 0. The van der Waals surface area contributed by atoms with Crippen molar-refractivity contribution in [3.05, 3.63) is 34.1 Å². The molecule has 1 atom stereocenters. The molecule has 0 aromatic heterocycles. The third kappa shape index (κ3) is 5.49. The standard InChI is InChI=1S/C15H22BrFO/c1-3-5-6-12(4-2)10-18-11-13-7-8-14(17)9-15(13)16/h7-9,12H,3-6,10-11H2,1-2H3. The van der Waals surface area contributed by atoms with Gasteiger partial charge < -0.3 is 4.74 Å². The first-order chi connectivity index (χ1) is 8.67. The van der Waals surface area contributed by atoms with Crippen LogP contribution in [-0.4, -0.2) is 6.61 Å². The number of hydrogen-bond acceptors (Lipinski definition) is 1. The van der Waals surface area contributed by atoms with Gasteiger partial charge in [0.1, 0.15) is 5.82 Å². The lowest BCUT2D eigenvalue weighted by molar-refractivity contribution is 0.0816. The van der Waals surface area contributed by atoms with Crippen LogP contribution in [0.3, 0.4) is 0 Å². The molecule has 1 unspecified atom stereocenters. The molecule has 0 radical (unpaired) electrons. The first-order valence-corrected chi connectivity index (χ1v) is 7.48. The third-order valence-electron chi connectivity index (χ3n) is 3.17. The van der Waals surface area contributed by atoms with Crippen LogP contribution < -0.4 is 0 Å². The first kappa shape index (κ1) is 15.6. The SMILES string of the molecule is CCCCC(CC)COCc1ccc(F)cc1Br. The predicted molar refractivity (Wildman–Crippen MR) is 77.1 cm³/mol. The van der Waals surface area contributed by atoms with E-state index in [0.717, 1.165) is 23.1 Å². The minimum absolute atomic E-state index is 0.222. The molecule has 0 amide bonds. The van der Waals surface area contributed by atoms with Crippen molar-refractivity contribution in [2.24, 2.45) is 5.92 Å². The number of halogens is 2. The Morgan fingerprint density at radius 2 is 2.11 bits per heavy atom. The summed E-state index contributed by atoms with van der Waals surface area (Å²) in [6.45, 7) is 5.75. The van der Waals surface area contributed by atoms with E-state index in [-0.39, 0.29) is 5.82 Å². The molecule has 0 aliphatic carbocycles. The minimum atomic E-state index is -0.222. The minimum Gasteiger partial charge on any atom is -0.376 e. The molecule has 0 heterocycles. The van der Waals surface area contributed by atoms with Gasteiger partial charge in [-0.05, 0) is 30.0 Å². The van der Waals surface area contributed by atoms with Crippen molar-refractivity contribution in [2.75, 3.05) is 6.61 Å². The van der Waals surface area contributed by atoms with Gasteiger partial charge >= 0.3 is 0 Å². The number of ether oxygens (including phenoxy) is 1. The summed E-state index contributed by atoms with van der Waals surface area (Å²) in [7, 11) is 0. The van der Waals surface area contributed by atoms with Gasteiger partial charge in [-0.15, -0.1) is 0 Å². The lowest BCUT2D eigenvalue weighted by atomic mass is 10.0. The molecule has 0 aliphatic rings. The van der Waals surface area contributed by atoms with Crippen LogP contribution in [0.2, 0.25) is 0 Å². The summed E-state index contributed by atoms with van der Waals surface area (Å²) in [6.07, 6.45) is 4.89. The number of hydrogen-bond donors (Lipinski definition) is 0. The fraction of sp³-hybridized carbons (Fsp3) is 0.600. The molecule has 0 spiro atoms. The average molecular weight is 317 g/mol. The van der Waals surface area contributed by atoms with Crippen molar-refractivity contribution < 1.29 is 9.13 Å². The summed E-state index contributed by atoms with van der Waals surface area (Å²) in [5.41, 5.74) is 1.00. The Balaban J connectivity index is 2.35. The van der Waals surface area contributed by atoms with Crippen LogP contribution in [0.5, 0.6) is 0 Å². The highest BCUT2D eigenvalue weighted by atomic mass is 79.9. The van der Waals surface area contributed by atoms with E-state index in [1.54, 1.807) is 6.07 Å². The van der Waals surface area contributed by atoms with Crippen LogP contribution in [0, 0.1) is 11.7 Å². The molecule has 1 aromatic rings. The van der Waals surface area contributed by atoms with Crippen molar-refractivity contribution in [2.45, 2.75) is 46.1 Å². The van der Waals surface area contributed by atoms with Gasteiger partial charge in [-0.25, -0.2) is 4.39 Å². The van der Waals surface area contributed by atoms with E-state index >= 15 is 0 Å². The molecule has 3 heteroatoms. The van der Waals surface area contributed by atoms with E-state index in [2.05, 4.69) is 29.8 Å². The predicted octanol–water partition coefficient (Wildman–Crippen LogP) is 5.32. The fourth-order valence-electron chi connectivity index (χ4n) is 1.87. The van der Waals surface area contributed by atoms with Crippen molar-refractivity contribution in [3.8, 4) is 0 Å². The Bertz CT molecular complexity index is 354. The zero-order valence-corrected chi connectivity index (χ0v) is 12.8. The van der Waals surface area contributed by atoms with Gasteiger partial charge in [-0.2, -0.15) is 0 Å². The van der Waals surface area contributed by atoms with Crippen LogP contribution in [0.1, 0.15) is 45.1 Å². The van der Waals surface area contributed by atoms with Gasteiger partial charge in [0.2, 0.25) is 0 Å². The molecule has 0 fully saturated rings. The maximum atomic E-state index is 12.9. The highest BCUT2D eigenvalue weighted by molar-refractivity contribution is 9.10. The Morgan fingerprint density at radius 3 is 2.72 bits per heavy atom. The molecule has 0 saturated carbocycles. The quantitative estimate of drug-likeness (QED) is 0.630. The normalized spacial score (nSPS) is 12.7. The lowest BCUT2D eigenvalue weighted by Gasteiger charge is -2.15. The Morgan fingerprint density at radius 1 is 1.33 bits per heavy atom. The monoisotopic (exact) mass is 316 g/mol. The molecule has 1 rings (SSSR count). The van der Waals surface area contributed by atoms with Gasteiger partial charge in [-0.1, -0.05) is 55.1 Å². The molecule has 1 aromatic carbocycles. The van der Waals surface area contributed by atoms with Crippen LogP contribution in [-0.2, 0) is 11.3 Å². The fourth-order valence-corrected chi connectivity index (χ4v) is 2.34. The largest absolute Gasteiger partial charge is 0.376 e. The zero-order valence-electron chi connectivity index (χ0n) is 11.2. The summed E-state index contributed by atoms with van der Waals surface area (Å²) in [6, 6.07) is 4.72. The van der Waals surface area contributed by atoms with E-state index in [9.17, 15) is 4.39 Å². The van der Waals surface area contributed by atoms with Crippen molar-refractivity contribution in [1.82, 2.24) is 0 Å². The molecule has 1 nitrogen and oxygen atoms in total. The second kappa shape index (κ2) is 8.65. The highest BCUT2D eigenvalue weighted by Crippen LogP contribution is 2.20. The van der Waals surface area contributed by atoms with Crippen molar-refractivity contribution in [1.29, 1.82) is 0 Å². The number of rotatable bonds is 8. The summed E-state index contributed by atoms with van der Waals surface area (Å²) < 4.78 is 19.4. The van der Waals surface area contributed by atoms with Crippen molar-refractivity contribution >= 4 is 15.9 Å². The van der Waals surface area contributed by atoms with E-state index in [1.807, 2.05) is 0 Å². The average Bonchev–Trinajstić information content (AvgIpc) is 2.36. The summed E-state index contributed by atoms with van der Waals surface area (Å²) in [5, 5.41) is 0. The molecule has 102 valence electrons. The Hall–Kier alpha value is -0.410. The van der Waals surface area contributed by atoms with Crippen LogP contribution in [0.15, 0.2) is 22.7 Å². The molecule has 0 saturated heterocycles. The number of unbranched alkanes of at least 4 members (excludes halogenated alkanes) is 1. The summed E-state index contributed by atoms with van der Waals surface area (Å²) in [5.74, 6) is 0.421. The van der Waals surface area contributed by atoms with Gasteiger partial charge in [0, 0.05) is 11.1 Å². The smallest absolute Gasteiger partial charge is 0.124 e. The first-order valence-electron chi connectivity index (χ1n) is 6.69. The Labute approximate surface area is 118 Å². The van der Waals surface area contributed by atoms with Gasteiger partial charge in [-0.3, -0.25) is 0 Å². The van der Waals surface area contributed by atoms with E-state index in [0.29, 0.717) is 12.5 Å². The van der Waals surface area contributed by atoms with Gasteiger partial charge in [0.15, 0.2) is 0 Å². The topological polar surface area (TPSA) is 9.23 Å². The maximum Gasteiger partial charge on any atom is 0.124 e. The van der Waals surface area contributed by atoms with Gasteiger partial charge in [0.25, 0.3) is 0 Å². The van der Waals surface area contributed by atoms with Crippen LogP contribution in [0.4, 0.5) is 4.39 Å². The molecule has 0 aliphatic heterocycles. The second-order valence-corrected chi connectivity index (χ2v) is 5.52. The van der Waals surface area contributed by atoms with E-state index < -0.39 is 0 Å². The maximum absolute atomic E-state index is 12.9. The molecular weight excluding hydrogens is 295 g/mol. The molecule has 0 N–H and O–H groups in total. The summed E-state index contributed by atoms with van der Waals surface area (Å²) >= 11 is 3.35. The van der Waals surface area contributed by atoms with Gasteiger partial charge in [0.05, 0.1) is 6.61 Å². The van der Waals surface area contributed by atoms with E-state index in [4.69, 9.17) is 4.74 Å². The Kier molecular flexibility index (Phi) is 7.52.